The molecule has 4 nitrogen and oxygen atoms in total. The van der Waals surface area contributed by atoms with Crippen LogP contribution in [0.1, 0.15) is 24.8 Å². The van der Waals surface area contributed by atoms with E-state index in [-0.39, 0.29) is 11.8 Å². The van der Waals surface area contributed by atoms with Crippen molar-refractivity contribution in [1.29, 1.82) is 0 Å². The molecule has 0 aromatic heterocycles. The van der Waals surface area contributed by atoms with Crippen molar-refractivity contribution in [1.82, 2.24) is 0 Å². The summed E-state index contributed by atoms with van der Waals surface area (Å²) in [5.74, 6) is 0.0489. The largest absolute Gasteiger partial charge is 0.326 e. The molecule has 0 unspecified atom stereocenters. The molecule has 5 heteroatoms. The van der Waals surface area contributed by atoms with Gasteiger partial charge in [0.1, 0.15) is 0 Å². The number of carbonyl (C=O) groups is 2. The average Bonchev–Trinajstić information content (AvgIpc) is 3.01. The molecular formula is C19H19IN2O2. The Morgan fingerprint density at radius 1 is 1.04 bits per heavy atom. The maximum absolute atomic E-state index is 12.4. The van der Waals surface area contributed by atoms with E-state index >= 15 is 0 Å². The van der Waals surface area contributed by atoms with Gasteiger partial charge < -0.3 is 10.2 Å². The van der Waals surface area contributed by atoms with E-state index in [0.717, 1.165) is 27.9 Å². The first-order valence-electron chi connectivity index (χ1n) is 8.07. The van der Waals surface area contributed by atoms with Gasteiger partial charge in [-0.25, -0.2) is 0 Å². The summed E-state index contributed by atoms with van der Waals surface area (Å²) in [6.45, 7) is 0.743. The summed E-state index contributed by atoms with van der Waals surface area (Å²) in [5, 5.41) is 2.86. The SMILES string of the molecule is O=C(CCCC(=O)N1CCc2ccccc21)Nc1ccc(I)cc1. The van der Waals surface area contributed by atoms with E-state index in [4.69, 9.17) is 0 Å². The topological polar surface area (TPSA) is 49.4 Å². The molecule has 2 aromatic rings. The van der Waals surface area contributed by atoms with Gasteiger partial charge in [0.2, 0.25) is 11.8 Å². The molecule has 0 radical (unpaired) electrons. The van der Waals surface area contributed by atoms with E-state index < -0.39 is 0 Å². The molecular weight excluding hydrogens is 415 g/mol. The number of nitrogens with one attached hydrogen (secondary N) is 1. The Kier molecular flexibility index (Phi) is 5.50. The highest BCUT2D eigenvalue weighted by Crippen LogP contribution is 2.28. The minimum atomic E-state index is -0.0502. The fourth-order valence-corrected chi connectivity index (χ4v) is 3.25. The number of hydrogen-bond donors (Lipinski definition) is 1. The minimum absolute atomic E-state index is 0.0502. The Balaban J connectivity index is 1.45. The van der Waals surface area contributed by atoms with Gasteiger partial charge in [-0.05, 0) is 71.3 Å². The predicted octanol–water partition coefficient (Wildman–Crippen LogP) is 3.99. The predicted molar refractivity (Wildman–Crippen MR) is 104 cm³/mol. The van der Waals surface area contributed by atoms with Crippen molar-refractivity contribution in [2.45, 2.75) is 25.7 Å². The minimum Gasteiger partial charge on any atom is -0.326 e. The van der Waals surface area contributed by atoms with Crippen LogP contribution >= 0.6 is 22.6 Å². The summed E-state index contributed by atoms with van der Waals surface area (Å²) in [5.41, 5.74) is 3.04. The van der Waals surface area contributed by atoms with Gasteiger partial charge in [-0.15, -0.1) is 0 Å². The molecule has 2 aromatic carbocycles. The molecule has 1 aliphatic rings. The van der Waals surface area contributed by atoms with Gasteiger partial charge in [0.15, 0.2) is 0 Å². The van der Waals surface area contributed by atoms with Crippen LogP contribution in [0.15, 0.2) is 48.5 Å². The fraction of sp³-hybridized carbons (Fsp3) is 0.263. The first kappa shape index (κ1) is 17.0. The lowest BCUT2D eigenvalue weighted by molar-refractivity contribution is -0.119. The zero-order chi connectivity index (χ0) is 16.9. The standard InChI is InChI=1S/C19H19IN2O2/c20-15-8-10-16(11-9-15)21-18(23)6-3-7-19(24)22-13-12-14-4-1-2-5-17(14)22/h1-2,4-5,8-11H,3,6-7,12-13H2,(H,21,23). The first-order chi connectivity index (χ1) is 11.6. The highest BCUT2D eigenvalue weighted by Gasteiger charge is 2.23. The Morgan fingerprint density at radius 2 is 1.79 bits per heavy atom. The number of carbonyl (C=O) groups excluding carboxylic acids is 2. The van der Waals surface area contributed by atoms with Crippen LogP contribution in [0.4, 0.5) is 11.4 Å². The summed E-state index contributed by atoms with van der Waals surface area (Å²) in [4.78, 5) is 26.2. The van der Waals surface area contributed by atoms with Crippen LogP contribution in [0.3, 0.4) is 0 Å². The number of fused-ring (bicyclic) bond motifs is 1. The van der Waals surface area contributed by atoms with E-state index in [1.54, 1.807) is 0 Å². The van der Waals surface area contributed by atoms with Crippen LogP contribution in [0.5, 0.6) is 0 Å². The smallest absolute Gasteiger partial charge is 0.227 e. The molecule has 3 rings (SSSR count). The van der Waals surface area contributed by atoms with Crippen molar-refractivity contribution >= 4 is 45.8 Å². The van der Waals surface area contributed by atoms with E-state index in [2.05, 4.69) is 34.0 Å². The molecule has 0 fully saturated rings. The molecule has 24 heavy (non-hydrogen) atoms. The van der Waals surface area contributed by atoms with Crippen LogP contribution < -0.4 is 10.2 Å². The molecule has 124 valence electrons. The van der Waals surface area contributed by atoms with E-state index in [9.17, 15) is 9.59 Å². The third-order valence-corrected chi connectivity index (χ3v) is 4.83. The number of benzene rings is 2. The molecule has 2 amide bonds. The summed E-state index contributed by atoms with van der Waals surface area (Å²) >= 11 is 2.22. The zero-order valence-corrected chi connectivity index (χ0v) is 15.5. The Labute approximate surface area is 155 Å². The number of para-hydroxylation sites is 1. The van der Waals surface area contributed by atoms with Gasteiger partial charge in [-0.2, -0.15) is 0 Å². The number of hydrogen-bond acceptors (Lipinski definition) is 2. The van der Waals surface area contributed by atoms with Crippen molar-refractivity contribution in [3.63, 3.8) is 0 Å². The van der Waals surface area contributed by atoms with Gasteiger partial charge in [-0.3, -0.25) is 9.59 Å². The summed E-state index contributed by atoms with van der Waals surface area (Å²) in [6, 6.07) is 15.7. The van der Waals surface area contributed by atoms with E-state index in [1.807, 2.05) is 47.4 Å². The maximum Gasteiger partial charge on any atom is 0.227 e. The molecule has 1 N–H and O–H groups in total. The number of amides is 2. The van der Waals surface area contributed by atoms with Crippen LogP contribution in [0.2, 0.25) is 0 Å². The van der Waals surface area contributed by atoms with Crippen molar-refractivity contribution in [2.24, 2.45) is 0 Å². The third-order valence-electron chi connectivity index (χ3n) is 4.11. The Morgan fingerprint density at radius 3 is 2.58 bits per heavy atom. The normalized spacial score (nSPS) is 12.8. The van der Waals surface area contributed by atoms with Crippen molar-refractivity contribution < 1.29 is 9.59 Å². The van der Waals surface area contributed by atoms with Crippen molar-refractivity contribution in [3.05, 3.63) is 57.7 Å². The number of anilines is 2. The lowest BCUT2D eigenvalue weighted by atomic mass is 10.1. The quantitative estimate of drug-likeness (QED) is 0.724. The Bertz CT molecular complexity index is 743. The summed E-state index contributed by atoms with van der Waals surface area (Å²) < 4.78 is 1.13. The molecule has 0 saturated carbocycles. The van der Waals surface area contributed by atoms with Gasteiger partial charge in [0, 0.05) is 34.3 Å². The van der Waals surface area contributed by atoms with Gasteiger partial charge in [-0.1, -0.05) is 18.2 Å². The molecule has 0 saturated heterocycles. The summed E-state index contributed by atoms with van der Waals surface area (Å²) in [6.07, 6.45) is 2.23. The second-order valence-electron chi connectivity index (χ2n) is 5.83. The Hall–Kier alpha value is -1.89. The second kappa shape index (κ2) is 7.79. The lowest BCUT2D eigenvalue weighted by Crippen LogP contribution is -2.28. The highest BCUT2D eigenvalue weighted by atomic mass is 127. The van der Waals surface area contributed by atoms with Gasteiger partial charge in [0.05, 0.1) is 0 Å². The molecule has 0 aliphatic carbocycles. The van der Waals surface area contributed by atoms with Crippen molar-refractivity contribution in [2.75, 3.05) is 16.8 Å². The molecule has 1 aliphatic heterocycles. The highest BCUT2D eigenvalue weighted by molar-refractivity contribution is 14.1. The van der Waals surface area contributed by atoms with Gasteiger partial charge in [0.25, 0.3) is 0 Å². The molecule has 0 bridgehead atoms. The first-order valence-corrected chi connectivity index (χ1v) is 9.15. The fourth-order valence-electron chi connectivity index (χ4n) is 2.89. The lowest BCUT2D eigenvalue weighted by Gasteiger charge is -2.17. The second-order valence-corrected chi connectivity index (χ2v) is 7.08. The van der Waals surface area contributed by atoms with Crippen LogP contribution in [0.25, 0.3) is 0 Å². The molecule has 0 spiro atoms. The van der Waals surface area contributed by atoms with Crippen molar-refractivity contribution in [3.8, 4) is 0 Å². The maximum atomic E-state index is 12.4. The monoisotopic (exact) mass is 434 g/mol. The van der Waals surface area contributed by atoms with Gasteiger partial charge >= 0.3 is 0 Å². The zero-order valence-electron chi connectivity index (χ0n) is 13.3. The molecule has 0 atom stereocenters. The number of halogens is 1. The van der Waals surface area contributed by atoms with E-state index in [1.165, 1.54) is 5.56 Å². The van der Waals surface area contributed by atoms with Crippen LogP contribution in [0, 0.1) is 3.57 Å². The van der Waals surface area contributed by atoms with E-state index in [0.29, 0.717) is 19.3 Å². The average molecular weight is 434 g/mol. The third kappa shape index (κ3) is 4.14. The van der Waals surface area contributed by atoms with Crippen LogP contribution in [-0.4, -0.2) is 18.4 Å². The summed E-state index contributed by atoms with van der Waals surface area (Å²) in [7, 11) is 0. The number of nitrogens with zero attached hydrogens (tertiary/aromatic N) is 1. The molecule has 1 heterocycles. The number of rotatable bonds is 5. The van der Waals surface area contributed by atoms with Crippen LogP contribution in [-0.2, 0) is 16.0 Å².